The minimum absolute atomic E-state index is 0.447. The van der Waals surface area contributed by atoms with Crippen LogP contribution in [0.3, 0.4) is 0 Å². The van der Waals surface area contributed by atoms with Crippen molar-refractivity contribution in [2.24, 2.45) is 0 Å². The predicted octanol–water partition coefficient (Wildman–Crippen LogP) is 1.83. The van der Waals surface area contributed by atoms with Crippen LogP contribution < -0.4 is 5.84 Å². The highest BCUT2D eigenvalue weighted by Gasteiger charge is 2.17. The first-order valence-corrected chi connectivity index (χ1v) is 5.73. The first kappa shape index (κ1) is 10.8. The van der Waals surface area contributed by atoms with Gasteiger partial charge in [0.05, 0.1) is 11.0 Å². The number of hydrogen-bond acceptors (Lipinski definition) is 3. The van der Waals surface area contributed by atoms with Gasteiger partial charge >= 0.3 is 0 Å². The van der Waals surface area contributed by atoms with Gasteiger partial charge in [0.15, 0.2) is 5.82 Å². The summed E-state index contributed by atoms with van der Waals surface area (Å²) in [6, 6.07) is 16.9. The maximum absolute atomic E-state index is 10.3. The van der Waals surface area contributed by atoms with E-state index in [1.54, 1.807) is 0 Å². The molecule has 2 aromatic carbocycles. The zero-order chi connectivity index (χ0) is 12.5. The number of rotatable bonds is 2. The Hall–Kier alpha value is -2.33. The summed E-state index contributed by atoms with van der Waals surface area (Å²) < 4.78 is 1.44. The number of aliphatic hydroxyl groups excluding tert-OH is 1. The van der Waals surface area contributed by atoms with Crippen LogP contribution in [0.1, 0.15) is 17.5 Å². The molecule has 3 rings (SSSR count). The smallest absolute Gasteiger partial charge is 0.161 e. The molecule has 0 aliphatic heterocycles. The molecule has 18 heavy (non-hydrogen) atoms. The number of nitrogen functional groups attached to an aromatic ring is 1. The molecule has 4 nitrogen and oxygen atoms in total. The number of imidazole rings is 1. The standard InChI is InChI=1S/C14H13N3O/c15-17-12-9-5-4-8-11(12)16-14(17)13(18)10-6-2-1-3-7-10/h1-9,13,18H,15H2/t13-/m0/s1. The fourth-order valence-electron chi connectivity index (χ4n) is 2.04. The van der Waals surface area contributed by atoms with Crippen molar-refractivity contribution in [2.75, 3.05) is 5.84 Å². The van der Waals surface area contributed by atoms with E-state index < -0.39 is 6.10 Å². The fourth-order valence-corrected chi connectivity index (χ4v) is 2.04. The monoisotopic (exact) mass is 239 g/mol. The second-order valence-electron chi connectivity index (χ2n) is 4.14. The van der Waals surface area contributed by atoms with Crippen LogP contribution in [0.15, 0.2) is 54.6 Å². The van der Waals surface area contributed by atoms with Gasteiger partial charge in [0, 0.05) is 0 Å². The summed E-state index contributed by atoms with van der Waals surface area (Å²) in [7, 11) is 0. The molecule has 0 fully saturated rings. The highest BCUT2D eigenvalue weighted by atomic mass is 16.3. The summed E-state index contributed by atoms with van der Waals surface area (Å²) in [5.41, 5.74) is 2.37. The summed E-state index contributed by atoms with van der Waals surface area (Å²) in [4.78, 5) is 4.38. The van der Waals surface area contributed by atoms with Crippen molar-refractivity contribution in [3.05, 3.63) is 66.0 Å². The Kier molecular flexibility index (Phi) is 2.50. The van der Waals surface area contributed by atoms with Gasteiger partial charge in [0.25, 0.3) is 0 Å². The molecule has 3 N–H and O–H groups in total. The van der Waals surface area contributed by atoms with Gasteiger partial charge in [-0.05, 0) is 17.7 Å². The van der Waals surface area contributed by atoms with Gasteiger partial charge in [-0.25, -0.2) is 9.66 Å². The summed E-state index contributed by atoms with van der Waals surface area (Å²) in [6.45, 7) is 0. The number of fused-ring (bicyclic) bond motifs is 1. The zero-order valence-corrected chi connectivity index (χ0v) is 9.69. The maximum atomic E-state index is 10.3. The lowest BCUT2D eigenvalue weighted by molar-refractivity contribution is 0.208. The average molecular weight is 239 g/mol. The van der Waals surface area contributed by atoms with Crippen LogP contribution >= 0.6 is 0 Å². The molecule has 1 heterocycles. The molecule has 0 radical (unpaired) electrons. The Morgan fingerprint density at radius 2 is 1.67 bits per heavy atom. The number of benzene rings is 2. The summed E-state index contributed by atoms with van der Waals surface area (Å²) in [6.07, 6.45) is -0.816. The van der Waals surface area contributed by atoms with E-state index in [9.17, 15) is 5.11 Å². The van der Waals surface area contributed by atoms with E-state index in [0.29, 0.717) is 5.82 Å². The van der Waals surface area contributed by atoms with E-state index in [2.05, 4.69) is 4.98 Å². The fraction of sp³-hybridized carbons (Fsp3) is 0.0714. The van der Waals surface area contributed by atoms with Crippen LogP contribution in [0, 0.1) is 0 Å². The molecule has 1 aromatic heterocycles. The third-order valence-electron chi connectivity index (χ3n) is 2.98. The molecular formula is C14H13N3O. The minimum atomic E-state index is -0.816. The van der Waals surface area contributed by atoms with Gasteiger partial charge in [-0.2, -0.15) is 0 Å². The van der Waals surface area contributed by atoms with Gasteiger partial charge in [-0.15, -0.1) is 0 Å². The normalized spacial score (nSPS) is 12.7. The summed E-state index contributed by atoms with van der Waals surface area (Å²) >= 11 is 0. The molecule has 0 saturated carbocycles. The molecule has 0 spiro atoms. The quantitative estimate of drug-likeness (QED) is 0.670. The van der Waals surface area contributed by atoms with Crippen molar-refractivity contribution in [3.8, 4) is 0 Å². The number of nitrogens with two attached hydrogens (primary N) is 1. The first-order valence-electron chi connectivity index (χ1n) is 5.73. The highest BCUT2D eigenvalue weighted by molar-refractivity contribution is 5.76. The Morgan fingerprint density at radius 1 is 1.00 bits per heavy atom. The number of hydrogen-bond donors (Lipinski definition) is 2. The van der Waals surface area contributed by atoms with Crippen LogP contribution in [0.5, 0.6) is 0 Å². The lowest BCUT2D eigenvalue weighted by atomic mass is 10.1. The number of aliphatic hydroxyl groups is 1. The Bertz CT molecular complexity index is 676. The first-order chi connectivity index (χ1) is 8.77. The van der Waals surface area contributed by atoms with Crippen LogP contribution in [0.4, 0.5) is 0 Å². The lowest BCUT2D eigenvalue weighted by Gasteiger charge is -2.10. The molecule has 0 amide bonds. The molecule has 0 aliphatic rings. The zero-order valence-electron chi connectivity index (χ0n) is 9.69. The molecule has 3 aromatic rings. The highest BCUT2D eigenvalue weighted by Crippen LogP contribution is 2.23. The summed E-state index contributed by atoms with van der Waals surface area (Å²) in [5.74, 6) is 6.42. The summed E-state index contributed by atoms with van der Waals surface area (Å²) in [5, 5.41) is 10.3. The molecule has 0 aliphatic carbocycles. The molecule has 1 atom stereocenters. The molecule has 0 unspecified atom stereocenters. The second-order valence-corrected chi connectivity index (χ2v) is 4.14. The van der Waals surface area contributed by atoms with Gasteiger partial charge in [0.1, 0.15) is 6.10 Å². The SMILES string of the molecule is Nn1c([C@@H](O)c2ccccc2)nc2ccccc21. The Balaban J connectivity index is 2.12. The van der Waals surface area contributed by atoms with Gasteiger partial charge in [-0.1, -0.05) is 42.5 Å². The average Bonchev–Trinajstić information content (AvgIpc) is 2.77. The molecule has 4 heteroatoms. The number of aromatic nitrogens is 2. The van der Waals surface area contributed by atoms with Crippen LogP contribution in [-0.4, -0.2) is 14.8 Å². The molecule has 0 bridgehead atoms. The third-order valence-corrected chi connectivity index (χ3v) is 2.98. The van der Waals surface area contributed by atoms with Crippen molar-refractivity contribution in [1.29, 1.82) is 0 Å². The van der Waals surface area contributed by atoms with Crippen molar-refractivity contribution >= 4 is 11.0 Å². The van der Waals surface area contributed by atoms with Crippen LogP contribution in [0.25, 0.3) is 11.0 Å². The van der Waals surface area contributed by atoms with Crippen molar-refractivity contribution in [3.63, 3.8) is 0 Å². The van der Waals surface area contributed by atoms with E-state index in [1.807, 2.05) is 54.6 Å². The second kappa shape index (κ2) is 4.16. The number of nitrogens with zero attached hydrogens (tertiary/aromatic N) is 2. The maximum Gasteiger partial charge on any atom is 0.161 e. The third kappa shape index (κ3) is 1.63. The van der Waals surface area contributed by atoms with Crippen molar-refractivity contribution < 1.29 is 5.11 Å². The molecule has 0 saturated heterocycles. The van der Waals surface area contributed by atoms with Crippen molar-refractivity contribution in [1.82, 2.24) is 9.66 Å². The van der Waals surface area contributed by atoms with E-state index in [-0.39, 0.29) is 0 Å². The number of para-hydroxylation sites is 2. The largest absolute Gasteiger partial charge is 0.380 e. The minimum Gasteiger partial charge on any atom is -0.380 e. The van der Waals surface area contributed by atoms with Crippen LogP contribution in [0.2, 0.25) is 0 Å². The van der Waals surface area contributed by atoms with Gasteiger partial charge in [0.2, 0.25) is 0 Å². The van der Waals surface area contributed by atoms with Gasteiger partial charge < -0.3 is 10.9 Å². The molecule has 90 valence electrons. The Morgan fingerprint density at radius 3 is 2.39 bits per heavy atom. The van der Waals surface area contributed by atoms with Crippen LogP contribution in [-0.2, 0) is 0 Å². The molecular weight excluding hydrogens is 226 g/mol. The van der Waals surface area contributed by atoms with Gasteiger partial charge in [-0.3, -0.25) is 0 Å². The van der Waals surface area contributed by atoms with E-state index >= 15 is 0 Å². The lowest BCUT2D eigenvalue weighted by Crippen LogP contribution is -2.16. The predicted molar refractivity (Wildman–Crippen MR) is 70.4 cm³/mol. The topological polar surface area (TPSA) is 64.1 Å². The van der Waals surface area contributed by atoms with Crippen molar-refractivity contribution in [2.45, 2.75) is 6.10 Å². The van der Waals surface area contributed by atoms with E-state index in [1.165, 1.54) is 4.68 Å². The van der Waals surface area contributed by atoms with E-state index in [0.717, 1.165) is 16.6 Å². The Labute approximate surface area is 104 Å². The van der Waals surface area contributed by atoms with E-state index in [4.69, 9.17) is 5.84 Å².